The van der Waals surface area contributed by atoms with E-state index in [0.29, 0.717) is 16.5 Å². The van der Waals surface area contributed by atoms with Gasteiger partial charge in [0.05, 0.1) is 16.3 Å². The number of halogens is 1. The first-order valence-electron chi connectivity index (χ1n) is 5.84. The molecule has 1 aromatic rings. The predicted octanol–water partition coefficient (Wildman–Crippen LogP) is 2.26. The summed E-state index contributed by atoms with van der Waals surface area (Å²) in [5.41, 5.74) is 1.57. The highest BCUT2D eigenvalue weighted by Gasteiger charge is 2.24. The first kappa shape index (κ1) is 12.2. The monoisotopic (exact) mass is 249 g/mol. The van der Waals surface area contributed by atoms with Gasteiger partial charge in [0.1, 0.15) is 6.07 Å². The van der Waals surface area contributed by atoms with Crippen LogP contribution in [0.3, 0.4) is 0 Å². The molecule has 3 nitrogen and oxygen atoms in total. The maximum absolute atomic E-state index is 9.16. The summed E-state index contributed by atoms with van der Waals surface area (Å²) in [6, 6.07) is 7.85. The Morgan fingerprint density at radius 1 is 1.59 bits per heavy atom. The van der Waals surface area contributed by atoms with Crippen LogP contribution in [0.1, 0.15) is 12.0 Å². The Balaban J connectivity index is 2.19. The molecule has 0 spiro atoms. The molecule has 2 rings (SSSR count). The fourth-order valence-corrected chi connectivity index (χ4v) is 2.61. The maximum atomic E-state index is 9.16. The minimum absolute atomic E-state index is 0.544. The second-order valence-electron chi connectivity index (χ2n) is 4.40. The van der Waals surface area contributed by atoms with Gasteiger partial charge in [0.2, 0.25) is 0 Å². The van der Waals surface area contributed by atoms with Crippen molar-refractivity contribution in [2.75, 3.05) is 31.6 Å². The maximum Gasteiger partial charge on any atom is 0.103 e. The number of rotatable bonds is 3. The molecule has 0 aromatic heterocycles. The van der Waals surface area contributed by atoms with Gasteiger partial charge in [-0.3, -0.25) is 0 Å². The Morgan fingerprint density at radius 3 is 3.12 bits per heavy atom. The third-order valence-electron chi connectivity index (χ3n) is 3.22. The van der Waals surface area contributed by atoms with Gasteiger partial charge in [-0.25, -0.2) is 0 Å². The highest BCUT2D eigenvalue weighted by atomic mass is 35.5. The predicted molar refractivity (Wildman–Crippen MR) is 70.4 cm³/mol. The van der Waals surface area contributed by atoms with Crippen molar-refractivity contribution < 1.29 is 0 Å². The lowest BCUT2D eigenvalue weighted by atomic mass is 10.1. The molecule has 1 aliphatic heterocycles. The molecule has 0 bridgehead atoms. The van der Waals surface area contributed by atoms with Crippen LogP contribution in [0.25, 0.3) is 0 Å². The van der Waals surface area contributed by atoms with Crippen molar-refractivity contribution in [2.45, 2.75) is 6.42 Å². The largest absolute Gasteiger partial charge is 0.370 e. The van der Waals surface area contributed by atoms with Gasteiger partial charge >= 0.3 is 0 Å². The van der Waals surface area contributed by atoms with Gasteiger partial charge in [0.25, 0.3) is 0 Å². The minimum atomic E-state index is 0.544. The number of nitrogens with zero attached hydrogens (tertiary/aromatic N) is 2. The van der Waals surface area contributed by atoms with E-state index in [4.69, 9.17) is 16.9 Å². The second-order valence-corrected chi connectivity index (χ2v) is 4.81. The van der Waals surface area contributed by atoms with Crippen LogP contribution in [0.5, 0.6) is 0 Å². The molecule has 1 saturated heterocycles. The molecule has 90 valence electrons. The van der Waals surface area contributed by atoms with Gasteiger partial charge < -0.3 is 10.2 Å². The zero-order valence-corrected chi connectivity index (χ0v) is 10.7. The van der Waals surface area contributed by atoms with Crippen molar-refractivity contribution in [3.8, 4) is 6.07 Å². The Morgan fingerprint density at radius 2 is 2.41 bits per heavy atom. The Kier molecular flexibility index (Phi) is 3.88. The summed E-state index contributed by atoms with van der Waals surface area (Å²) in [5.74, 6) is 0.658. The van der Waals surface area contributed by atoms with Crippen LogP contribution in [0.2, 0.25) is 5.02 Å². The molecule has 1 N–H and O–H groups in total. The number of anilines is 1. The first-order valence-corrected chi connectivity index (χ1v) is 6.22. The Hall–Kier alpha value is -1.24. The SMILES string of the molecule is CNCC1CCN(c2cccc(Cl)c2C#N)C1. The molecule has 0 amide bonds. The molecule has 1 aromatic carbocycles. The van der Waals surface area contributed by atoms with Crippen LogP contribution >= 0.6 is 11.6 Å². The molecule has 0 aliphatic carbocycles. The summed E-state index contributed by atoms with van der Waals surface area (Å²) in [7, 11) is 1.97. The topological polar surface area (TPSA) is 39.1 Å². The standard InChI is InChI=1S/C13H16ClN3/c1-16-8-10-5-6-17(9-10)13-4-2-3-12(14)11(13)7-15/h2-4,10,16H,5-6,8-9H2,1H3. The summed E-state index contributed by atoms with van der Waals surface area (Å²) < 4.78 is 0. The van der Waals surface area contributed by atoms with Crippen LogP contribution in [-0.2, 0) is 0 Å². The van der Waals surface area contributed by atoms with E-state index >= 15 is 0 Å². The molecule has 1 fully saturated rings. The summed E-state index contributed by atoms with van der Waals surface area (Å²) in [6.45, 7) is 3.02. The Bertz CT molecular complexity index is 439. The average Bonchev–Trinajstić information content (AvgIpc) is 2.78. The van der Waals surface area contributed by atoms with Gasteiger partial charge in [-0.2, -0.15) is 5.26 Å². The molecule has 1 aliphatic rings. The van der Waals surface area contributed by atoms with Crippen molar-refractivity contribution in [3.05, 3.63) is 28.8 Å². The van der Waals surface area contributed by atoms with E-state index in [-0.39, 0.29) is 0 Å². The first-order chi connectivity index (χ1) is 8.26. The molecule has 17 heavy (non-hydrogen) atoms. The van der Waals surface area contributed by atoms with E-state index in [0.717, 1.165) is 31.7 Å². The van der Waals surface area contributed by atoms with Crippen molar-refractivity contribution >= 4 is 17.3 Å². The number of nitriles is 1. The van der Waals surface area contributed by atoms with E-state index < -0.39 is 0 Å². The van der Waals surface area contributed by atoms with Crippen molar-refractivity contribution in [1.82, 2.24) is 5.32 Å². The smallest absolute Gasteiger partial charge is 0.103 e. The molecule has 0 radical (unpaired) electrons. The summed E-state index contributed by atoms with van der Waals surface area (Å²) in [4.78, 5) is 2.26. The number of benzene rings is 1. The van der Waals surface area contributed by atoms with E-state index in [2.05, 4.69) is 16.3 Å². The van der Waals surface area contributed by atoms with Crippen molar-refractivity contribution in [2.24, 2.45) is 5.92 Å². The lowest BCUT2D eigenvalue weighted by Crippen LogP contribution is -2.24. The zero-order chi connectivity index (χ0) is 12.3. The van der Waals surface area contributed by atoms with Gasteiger partial charge in [-0.15, -0.1) is 0 Å². The lowest BCUT2D eigenvalue weighted by Gasteiger charge is -2.20. The number of hydrogen-bond donors (Lipinski definition) is 1. The van der Waals surface area contributed by atoms with Gasteiger partial charge in [0, 0.05) is 13.1 Å². The summed E-state index contributed by atoms with van der Waals surface area (Å²) >= 11 is 6.04. The quantitative estimate of drug-likeness (QED) is 0.893. The zero-order valence-electron chi connectivity index (χ0n) is 9.91. The van der Waals surface area contributed by atoms with Gasteiger partial charge in [-0.1, -0.05) is 17.7 Å². The van der Waals surface area contributed by atoms with Gasteiger partial charge in [0.15, 0.2) is 0 Å². The number of nitrogens with one attached hydrogen (secondary N) is 1. The third-order valence-corrected chi connectivity index (χ3v) is 3.54. The normalized spacial score (nSPS) is 19.4. The van der Waals surface area contributed by atoms with Gasteiger partial charge in [-0.05, 0) is 38.1 Å². The summed E-state index contributed by atoms with van der Waals surface area (Å²) in [6.07, 6.45) is 1.16. The third kappa shape index (κ3) is 2.54. The van der Waals surface area contributed by atoms with E-state index in [1.54, 1.807) is 6.07 Å². The second kappa shape index (κ2) is 5.39. The molecule has 1 atom stereocenters. The number of hydrogen-bond acceptors (Lipinski definition) is 3. The van der Waals surface area contributed by atoms with Crippen molar-refractivity contribution in [3.63, 3.8) is 0 Å². The van der Waals surface area contributed by atoms with Crippen LogP contribution in [0.15, 0.2) is 18.2 Å². The van der Waals surface area contributed by atoms with Crippen molar-refractivity contribution in [1.29, 1.82) is 5.26 Å². The lowest BCUT2D eigenvalue weighted by molar-refractivity contribution is 0.549. The molecular weight excluding hydrogens is 234 g/mol. The molecule has 1 heterocycles. The van der Waals surface area contributed by atoms with E-state index in [1.165, 1.54) is 0 Å². The molecule has 1 unspecified atom stereocenters. The molecule has 0 saturated carbocycles. The highest BCUT2D eigenvalue weighted by molar-refractivity contribution is 6.32. The summed E-state index contributed by atoms with van der Waals surface area (Å²) in [5, 5.41) is 12.9. The van der Waals surface area contributed by atoms with Crippen LogP contribution in [-0.4, -0.2) is 26.7 Å². The highest BCUT2D eigenvalue weighted by Crippen LogP contribution is 2.30. The molecular formula is C13H16ClN3. The molecule has 4 heteroatoms. The van der Waals surface area contributed by atoms with E-state index in [1.807, 2.05) is 19.2 Å². The van der Waals surface area contributed by atoms with Crippen LogP contribution in [0, 0.1) is 17.2 Å². The van der Waals surface area contributed by atoms with E-state index in [9.17, 15) is 0 Å². The van der Waals surface area contributed by atoms with Crippen LogP contribution in [0.4, 0.5) is 5.69 Å². The minimum Gasteiger partial charge on any atom is -0.370 e. The Labute approximate surface area is 107 Å². The fourth-order valence-electron chi connectivity index (χ4n) is 2.39. The average molecular weight is 250 g/mol. The fraction of sp³-hybridized carbons (Fsp3) is 0.462. The van der Waals surface area contributed by atoms with Crippen LogP contribution < -0.4 is 10.2 Å².